The van der Waals surface area contributed by atoms with Gasteiger partial charge in [-0.25, -0.2) is 4.79 Å². The number of carboxylic acid groups (broad SMARTS) is 1. The van der Waals surface area contributed by atoms with E-state index in [-0.39, 0.29) is 11.7 Å². The Morgan fingerprint density at radius 1 is 1.35 bits per heavy atom. The summed E-state index contributed by atoms with van der Waals surface area (Å²) in [6.07, 6.45) is 0. The van der Waals surface area contributed by atoms with Gasteiger partial charge in [0.25, 0.3) is 0 Å². The lowest BCUT2D eigenvalue weighted by Gasteiger charge is -2.26. The molecular formula is C14H20N4O4S. The molecule has 0 bridgehead atoms. The van der Waals surface area contributed by atoms with Gasteiger partial charge >= 0.3 is 12.0 Å². The summed E-state index contributed by atoms with van der Waals surface area (Å²) in [6.45, 7) is 5.28. The first-order valence-corrected chi connectivity index (χ1v) is 8.76. The van der Waals surface area contributed by atoms with Crippen molar-refractivity contribution >= 4 is 23.5 Å². The minimum absolute atomic E-state index is 0.0340. The quantitative estimate of drug-likeness (QED) is 0.790. The highest BCUT2D eigenvalue weighted by Crippen LogP contribution is 2.23. The zero-order chi connectivity index (χ0) is 16.1. The maximum absolute atomic E-state index is 11.2. The molecule has 0 atom stereocenters. The molecule has 2 aliphatic rings. The van der Waals surface area contributed by atoms with Gasteiger partial charge in [0, 0.05) is 38.0 Å². The molecule has 0 unspecified atom stereocenters. The molecule has 2 fully saturated rings. The van der Waals surface area contributed by atoms with E-state index in [1.54, 1.807) is 11.8 Å². The number of carboxylic acids is 1. The van der Waals surface area contributed by atoms with Crippen LogP contribution in [0.3, 0.4) is 0 Å². The fraction of sp³-hybridized carbons (Fsp3) is 0.643. The van der Waals surface area contributed by atoms with E-state index in [1.807, 2.05) is 4.90 Å². The van der Waals surface area contributed by atoms with Gasteiger partial charge in [-0.15, -0.1) is 11.8 Å². The minimum atomic E-state index is -1.07. The molecule has 8 nitrogen and oxygen atoms in total. The first-order chi connectivity index (χ1) is 11.2. The summed E-state index contributed by atoms with van der Waals surface area (Å²) in [6, 6.07) is 1.63. The van der Waals surface area contributed by atoms with E-state index in [1.165, 1.54) is 6.07 Å². The van der Waals surface area contributed by atoms with E-state index >= 15 is 0 Å². The second-order valence-electron chi connectivity index (χ2n) is 5.30. The van der Waals surface area contributed by atoms with Crippen molar-refractivity contribution in [1.82, 2.24) is 14.9 Å². The number of aromatic carboxylic acids is 1. The van der Waals surface area contributed by atoms with Crippen LogP contribution in [0.25, 0.3) is 0 Å². The third-order valence-corrected chi connectivity index (χ3v) is 4.70. The van der Waals surface area contributed by atoms with E-state index in [0.29, 0.717) is 12.4 Å². The Kier molecular flexibility index (Phi) is 5.52. The van der Waals surface area contributed by atoms with Crippen molar-refractivity contribution in [1.29, 1.82) is 0 Å². The van der Waals surface area contributed by atoms with Gasteiger partial charge < -0.3 is 19.5 Å². The van der Waals surface area contributed by atoms with Gasteiger partial charge in [-0.1, -0.05) is 0 Å². The number of nitrogens with zero attached hydrogens (tertiary/aromatic N) is 4. The van der Waals surface area contributed by atoms with Crippen molar-refractivity contribution in [2.75, 3.05) is 62.5 Å². The van der Waals surface area contributed by atoms with Gasteiger partial charge in [0.05, 0.1) is 19.1 Å². The molecule has 0 aliphatic carbocycles. The molecule has 9 heteroatoms. The predicted molar refractivity (Wildman–Crippen MR) is 86.4 cm³/mol. The van der Waals surface area contributed by atoms with Gasteiger partial charge in [0.15, 0.2) is 5.69 Å². The van der Waals surface area contributed by atoms with Crippen molar-refractivity contribution < 1.29 is 19.4 Å². The van der Waals surface area contributed by atoms with Crippen LogP contribution in [-0.2, 0) is 4.74 Å². The molecule has 1 aromatic rings. The van der Waals surface area contributed by atoms with Crippen LogP contribution in [-0.4, -0.2) is 83.6 Å². The molecule has 3 rings (SSSR count). The van der Waals surface area contributed by atoms with Crippen molar-refractivity contribution in [2.24, 2.45) is 0 Å². The van der Waals surface area contributed by atoms with Crippen molar-refractivity contribution in [2.45, 2.75) is 0 Å². The van der Waals surface area contributed by atoms with Crippen molar-refractivity contribution in [3.05, 3.63) is 11.8 Å². The molecule has 23 heavy (non-hydrogen) atoms. The molecule has 0 radical (unpaired) electrons. The van der Waals surface area contributed by atoms with E-state index in [9.17, 15) is 9.90 Å². The number of rotatable bonds is 6. The lowest BCUT2D eigenvalue weighted by Crippen LogP contribution is -2.38. The Balaban J connectivity index is 1.63. The SMILES string of the molecule is O=C(O)c1cc(N2CCSC2)nc(OCCN2CCOCC2)n1. The third-order valence-electron chi connectivity index (χ3n) is 3.73. The molecule has 0 spiro atoms. The molecule has 3 heterocycles. The molecule has 1 N–H and O–H groups in total. The van der Waals surface area contributed by atoms with Crippen LogP contribution in [0.5, 0.6) is 6.01 Å². The van der Waals surface area contributed by atoms with Crippen molar-refractivity contribution in [3.8, 4) is 6.01 Å². The maximum atomic E-state index is 11.2. The summed E-state index contributed by atoms with van der Waals surface area (Å²) in [5.74, 6) is 1.37. The van der Waals surface area contributed by atoms with Gasteiger partial charge in [-0.2, -0.15) is 9.97 Å². The summed E-state index contributed by atoms with van der Waals surface area (Å²) in [7, 11) is 0. The van der Waals surface area contributed by atoms with E-state index in [0.717, 1.165) is 51.0 Å². The lowest BCUT2D eigenvalue weighted by molar-refractivity contribution is 0.0316. The molecule has 0 saturated carbocycles. The van der Waals surface area contributed by atoms with Crippen LogP contribution in [0.2, 0.25) is 0 Å². The molecule has 1 aromatic heterocycles. The molecule has 0 aromatic carbocycles. The first kappa shape index (κ1) is 16.3. The van der Waals surface area contributed by atoms with Gasteiger partial charge in [-0.05, 0) is 0 Å². The number of hydrogen-bond donors (Lipinski definition) is 1. The number of anilines is 1. The third kappa shape index (κ3) is 4.46. The summed E-state index contributed by atoms with van der Waals surface area (Å²) in [4.78, 5) is 23.9. The van der Waals surface area contributed by atoms with Gasteiger partial charge in [-0.3, -0.25) is 4.90 Å². The summed E-state index contributed by atoms with van der Waals surface area (Å²) in [5, 5.41) is 9.21. The summed E-state index contributed by atoms with van der Waals surface area (Å²) in [5.41, 5.74) is -0.0340. The summed E-state index contributed by atoms with van der Waals surface area (Å²) >= 11 is 1.79. The Hall–Kier alpha value is -1.58. The average molecular weight is 340 g/mol. The topological polar surface area (TPSA) is 88.0 Å². The Bertz CT molecular complexity index is 548. The zero-order valence-corrected chi connectivity index (χ0v) is 13.6. The second kappa shape index (κ2) is 7.80. The predicted octanol–water partition coefficient (Wildman–Crippen LogP) is 0.396. The van der Waals surface area contributed by atoms with E-state index < -0.39 is 5.97 Å². The van der Waals surface area contributed by atoms with E-state index in [4.69, 9.17) is 9.47 Å². The molecule has 0 amide bonds. The normalized spacial score (nSPS) is 19.0. The smallest absolute Gasteiger partial charge is 0.354 e. The number of ether oxygens (including phenoxy) is 2. The van der Waals surface area contributed by atoms with Gasteiger partial charge in [0.2, 0.25) is 0 Å². The fourth-order valence-corrected chi connectivity index (χ4v) is 3.39. The second-order valence-corrected chi connectivity index (χ2v) is 6.38. The van der Waals surface area contributed by atoms with Gasteiger partial charge in [0.1, 0.15) is 12.4 Å². The van der Waals surface area contributed by atoms with Crippen LogP contribution in [0.15, 0.2) is 6.07 Å². The first-order valence-electron chi connectivity index (χ1n) is 7.60. The van der Waals surface area contributed by atoms with Crippen LogP contribution >= 0.6 is 11.8 Å². The van der Waals surface area contributed by atoms with Crippen molar-refractivity contribution in [3.63, 3.8) is 0 Å². The minimum Gasteiger partial charge on any atom is -0.477 e. The fourth-order valence-electron chi connectivity index (χ4n) is 2.43. The number of thioether (sulfide) groups is 1. The molecule has 2 aliphatic heterocycles. The average Bonchev–Trinajstić information content (AvgIpc) is 3.10. The lowest BCUT2D eigenvalue weighted by atomic mass is 10.4. The number of hydrogen-bond acceptors (Lipinski definition) is 8. The Morgan fingerprint density at radius 3 is 2.87 bits per heavy atom. The largest absolute Gasteiger partial charge is 0.477 e. The molecule has 126 valence electrons. The molecule has 2 saturated heterocycles. The maximum Gasteiger partial charge on any atom is 0.354 e. The summed E-state index contributed by atoms with van der Waals surface area (Å²) < 4.78 is 10.9. The Morgan fingerprint density at radius 2 is 2.17 bits per heavy atom. The van der Waals surface area contributed by atoms with Crippen LogP contribution in [0.4, 0.5) is 5.82 Å². The standard InChI is InChI=1S/C14H20N4O4S/c19-13(20)11-9-12(18-4-8-23-10-18)16-14(15-11)22-7-3-17-1-5-21-6-2-17/h9H,1-8,10H2,(H,19,20). The van der Waals surface area contributed by atoms with Crippen LogP contribution < -0.4 is 9.64 Å². The number of aromatic nitrogens is 2. The Labute approximate surface area is 138 Å². The van der Waals surface area contributed by atoms with Crippen LogP contribution in [0, 0.1) is 0 Å². The number of morpholine rings is 1. The highest BCUT2D eigenvalue weighted by atomic mass is 32.2. The highest BCUT2D eigenvalue weighted by Gasteiger charge is 2.19. The zero-order valence-electron chi connectivity index (χ0n) is 12.8. The van der Waals surface area contributed by atoms with E-state index in [2.05, 4.69) is 14.9 Å². The van der Waals surface area contributed by atoms with Crippen LogP contribution in [0.1, 0.15) is 10.5 Å². The number of carbonyl (C=O) groups is 1. The highest BCUT2D eigenvalue weighted by molar-refractivity contribution is 7.99. The molecular weight excluding hydrogens is 320 g/mol. The monoisotopic (exact) mass is 340 g/mol.